The molecule has 3 aromatic carbocycles. The summed E-state index contributed by atoms with van der Waals surface area (Å²) in [6.45, 7) is 0. The van der Waals surface area contributed by atoms with Gasteiger partial charge in [-0.05, 0) is 29.8 Å². The first kappa shape index (κ1) is 19.2. The Bertz CT molecular complexity index is 1070. The molecule has 1 aliphatic rings. The lowest BCUT2D eigenvalue weighted by Gasteiger charge is -2.32. The lowest BCUT2D eigenvalue weighted by atomic mass is 10.0. The molecule has 0 saturated carbocycles. The molecule has 1 heterocycles. The maximum atomic E-state index is 13.3. The number of nitrogens with zero attached hydrogens (tertiary/aromatic N) is 1. The zero-order valence-electron chi connectivity index (χ0n) is 15.9. The monoisotopic (exact) mass is 401 g/mol. The fourth-order valence-electron chi connectivity index (χ4n) is 3.37. The number of para-hydroxylation sites is 4. The van der Waals surface area contributed by atoms with Crippen molar-refractivity contribution in [1.82, 2.24) is 5.32 Å². The smallest absolute Gasteiger partial charge is 0.327 e. The van der Waals surface area contributed by atoms with Gasteiger partial charge in [0.15, 0.2) is 11.5 Å². The van der Waals surface area contributed by atoms with Crippen LogP contribution in [-0.2, 0) is 16.0 Å². The van der Waals surface area contributed by atoms with Gasteiger partial charge in [-0.2, -0.15) is 0 Å². The van der Waals surface area contributed by atoms with Crippen molar-refractivity contribution in [3.63, 3.8) is 0 Å². The van der Waals surface area contributed by atoms with Crippen molar-refractivity contribution in [3.05, 3.63) is 84.4 Å². The molecule has 0 bridgehead atoms. The van der Waals surface area contributed by atoms with Crippen LogP contribution in [0.25, 0.3) is 0 Å². The highest BCUT2D eigenvalue weighted by molar-refractivity contribution is 6.38. The molecule has 1 atom stereocenters. The Kier molecular flexibility index (Phi) is 5.17. The molecule has 0 saturated heterocycles. The van der Waals surface area contributed by atoms with Gasteiger partial charge < -0.3 is 15.8 Å². The molecular formula is C23H19N3O4. The minimum absolute atomic E-state index is 0.141. The van der Waals surface area contributed by atoms with Crippen molar-refractivity contribution in [2.45, 2.75) is 12.5 Å². The number of ketones is 1. The van der Waals surface area contributed by atoms with Crippen molar-refractivity contribution < 1.29 is 19.1 Å². The van der Waals surface area contributed by atoms with E-state index in [0.29, 0.717) is 22.9 Å². The molecule has 150 valence electrons. The molecule has 0 aliphatic carbocycles. The molecule has 3 N–H and O–H groups in total. The Balaban J connectivity index is 1.67. The van der Waals surface area contributed by atoms with Gasteiger partial charge in [-0.15, -0.1) is 0 Å². The Hall–Kier alpha value is -4.13. The van der Waals surface area contributed by atoms with E-state index >= 15 is 0 Å². The zero-order chi connectivity index (χ0) is 21.1. The molecular weight excluding hydrogens is 382 g/mol. The number of Topliss-reactive ketones (excluding diaryl/α,β-unsaturated/α-hetero) is 1. The van der Waals surface area contributed by atoms with Crippen LogP contribution < -0.4 is 20.7 Å². The first-order chi connectivity index (χ1) is 14.5. The topological polar surface area (TPSA) is 102 Å². The quantitative estimate of drug-likeness (QED) is 0.641. The third-order valence-electron chi connectivity index (χ3n) is 4.78. The van der Waals surface area contributed by atoms with E-state index in [1.165, 1.54) is 4.90 Å². The predicted octanol–water partition coefficient (Wildman–Crippen LogP) is 3.31. The van der Waals surface area contributed by atoms with Crippen LogP contribution in [-0.4, -0.2) is 23.8 Å². The molecule has 7 nitrogen and oxygen atoms in total. The van der Waals surface area contributed by atoms with Crippen LogP contribution in [0, 0.1) is 0 Å². The second kappa shape index (κ2) is 8.08. The van der Waals surface area contributed by atoms with Gasteiger partial charge in [0, 0.05) is 6.42 Å². The fraction of sp³-hybridized carbons (Fsp3) is 0.0870. The Labute approximate surface area is 173 Å². The summed E-state index contributed by atoms with van der Waals surface area (Å²) in [5.74, 6) is -0.944. The number of amides is 3. The van der Waals surface area contributed by atoms with Gasteiger partial charge in [-0.25, -0.2) is 4.79 Å². The second-order valence-corrected chi connectivity index (χ2v) is 6.79. The van der Waals surface area contributed by atoms with Gasteiger partial charge >= 0.3 is 6.03 Å². The predicted molar refractivity (Wildman–Crippen MR) is 112 cm³/mol. The van der Waals surface area contributed by atoms with Crippen LogP contribution in [0.4, 0.5) is 16.2 Å². The number of carbonyl (C=O) groups excluding carboxylic acids is 3. The largest absolute Gasteiger partial charge is 0.453 e. The zero-order valence-corrected chi connectivity index (χ0v) is 15.9. The van der Waals surface area contributed by atoms with Gasteiger partial charge in [0.1, 0.15) is 6.04 Å². The standard InChI is InChI=1S/C23H19N3O4/c24-22(28)21(27)16(14-15-8-2-1-3-9-15)25-23(29)26-17-10-4-6-12-19(17)30-20-13-7-5-11-18(20)26/h1-13,16H,14H2,(H2,24,28)(H,25,29). The average molecular weight is 401 g/mol. The Morgan fingerprint density at radius 1 is 0.833 bits per heavy atom. The maximum Gasteiger partial charge on any atom is 0.327 e. The molecule has 1 aliphatic heterocycles. The molecule has 7 heteroatoms. The summed E-state index contributed by atoms with van der Waals surface area (Å²) in [5.41, 5.74) is 7.07. The van der Waals surface area contributed by atoms with E-state index in [4.69, 9.17) is 10.5 Å². The van der Waals surface area contributed by atoms with Gasteiger partial charge in [0.05, 0.1) is 11.4 Å². The summed E-state index contributed by atoms with van der Waals surface area (Å²) < 4.78 is 5.88. The number of primary amides is 1. The number of hydrogen-bond donors (Lipinski definition) is 2. The molecule has 0 aromatic heterocycles. The summed E-state index contributed by atoms with van der Waals surface area (Å²) in [5, 5.41) is 2.68. The number of nitrogens with one attached hydrogen (secondary N) is 1. The molecule has 4 rings (SSSR count). The highest BCUT2D eigenvalue weighted by Gasteiger charge is 2.32. The van der Waals surface area contributed by atoms with E-state index in [1.54, 1.807) is 48.5 Å². The van der Waals surface area contributed by atoms with E-state index in [-0.39, 0.29) is 6.42 Å². The molecule has 3 aromatic rings. The number of benzene rings is 3. The van der Waals surface area contributed by atoms with Crippen molar-refractivity contribution in [2.75, 3.05) is 4.90 Å². The SMILES string of the molecule is NC(=O)C(=O)C(Cc1ccccc1)NC(=O)N1c2ccccc2Oc2ccccc21. The summed E-state index contributed by atoms with van der Waals surface area (Å²) in [6.07, 6.45) is 0.141. The molecule has 30 heavy (non-hydrogen) atoms. The average Bonchev–Trinajstić information content (AvgIpc) is 2.77. The van der Waals surface area contributed by atoms with Crippen LogP contribution in [0.2, 0.25) is 0 Å². The number of anilines is 2. The number of rotatable bonds is 5. The fourth-order valence-corrected chi connectivity index (χ4v) is 3.37. The minimum Gasteiger partial charge on any atom is -0.453 e. The number of nitrogens with two attached hydrogens (primary N) is 1. The molecule has 1 unspecified atom stereocenters. The summed E-state index contributed by atoms with van der Waals surface area (Å²) in [6, 6.07) is 21.6. The highest BCUT2D eigenvalue weighted by atomic mass is 16.5. The van der Waals surface area contributed by atoms with E-state index in [9.17, 15) is 14.4 Å². The van der Waals surface area contributed by atoms with Crippen LogP contribution in [0.3, 0.4) is 0 Å². The number of fused-ring (bicyclic) bond motifs is 2. The number of ether oxygens (including phenoxy) is 1. The lowest BCUT2D eigenvalue weighted by molar-refractivity contribution is -0.137. The Morgan fingerprint density at radius 3 is 1.93 bits per heavy atom. The van der Waals surface area contributed by atoms with Gasteiger partial charge in [0.2, 0.25) is 5.78 Å². The number of urea groups is 1. The van der Waals surface area contributed by atoms with Crippen LogP contribution in [0.15, 0.2) is 78.9 Å². The van der Waals surface area contributed by atoms with E-state index in [2.05, 4.69) is 5.32 Å². The van der Waals surface area contributed by atoms with Crippen molar-refractivity contribution in [2.24, 2.45) is 5.73 Å². The van der Waals surface area contributed by atoms with E-state index < -0.39 is 23.8 Å². The summed E-state index contributed by atoms with van der Waals surface area (Å²) in [7, 11) is 0. The van der Waals surface area contributed by atoms with Gasteiger partial charge in [-0.1, -0.05) is 54.6 Å². The summed E-state index contributed by atoms with van der Waals surface area (Å²) in [4.78, 5) is 38.7. The maximum absolute atomic E-state index is 13.3. The number of carbonyl (C=O) groups is 3. The normalized spacial score (nSPS) is 12.7. The number of hydrogen-bond acceptors (Lipinski definition) is 4. The third-order valence-corrected chi connectivity index (χ3v) is 4.78. The Morgan fingerprint density at radius 2 is 1.37 bits per heavy atom. The first-order valence-electron chi connectivity index (χ1n) is 9.38. The molecule has 0 spiro atoms. The van der Waals surface area contributed by atoms with Crippen LogP contribution in [0.5, 0.6) is 11.5 Å². The van der Waals surface area contributed by atoms with Gasteiger partial charge in [0.25, 0.3) is 5.91 Å². The first-order valence-corrected chi connectivity index (χ1v) is 9.38. The van der Waals surface area contributed by atoms with Crippen molar-refractivity contribution in [3.8, 4) is 11.5 Å². The van der Waals surface area contributed by atoms with Gasteiger partial charge in [-0.3, -0.25) is 14.5 Å². The summed E-state index contributed by atoms with van der Waals surface area (Å²) >= 11 is 0. The van der Waals surface area contributed by atoms with Crippen LogP contribution in [0.1, 0.15) is 5.56 Å². The van der Waals surface area contributed by atoms with Crippen molar-refractivity contribution >= 4 is 29.1 Å². The van der Waals surface area contributed by atoms with E-state index in [0.717, 1.165) is 5.56 Å². The lowest BCUT2D eigenvalue weighted by Crippen LogP contribution is -2.51. The highest BCUT2D eigenvalue weighted by Crippen LogP contribution is 2.46. The van der Waals surface area contributed by atoms with E-state index in [1.807, 2.05) is 30.3 Å². The third kappa shape index (κ3) is 3.73. The minimum atomic E-state index is -1.10. The molecule has 0 fully saturated rings. The molecule has 0 radical (unpaired) electrons. The molecule has 3 amide bonds. The second-order valence-electron chi connectivity index (χ2n) is 6.79. The van der Waals surface area contributed by atoms with Crippen molar-refractivity contribution in [1.29, 1.82) is 0 Å². The van der Waals surface area contributed by atoms with Crippen LogP contribution >= 0.6 is 0 Å².